The summed E-state index contributed by atoms with van der Waals surface area (Å²) < 4.78 is 1.15. The first-order valence-corrected chi connectivity index (χ1v) is 5.88. The van der Waals surface area contributed by atoms with Crippen LogP contribution in [0.5, 0.6) is 0 Å². The van der Waals surface area contributed by atoms with E-state index in [1.807, 2.05) is 11.4 Å². The van der Waals surface area contributed by atoms with Crippen molar-refractivity contribution in [3.05, 3.63) is 17.8 Å². The number of aromatic nitrogens is 2. The number of hydrogen-bond donors (Lipinski definition) is 1. The van der Waals surface area contributed by atoms with Gasteiger partial charge in [0.1, 0.15) is 12.1 Å². The van der Waals surface area contributed by atoms with Crippen molar-refractivity contribution in [1.82, 2.24) is 9.97 Å². The van der Waals surface area contributed by atoms with Crippen LogP contribution in [0.3, 0.4) is 0 Å². The molecule has 0 fully saturated rings. The van der Waals surface area contributed by atoms with Crippen LogP contribution in [-0.4, -0.2) is 29.6 Å². The summed E-state index contributed by atoms with van der Waals surface area (Å²) >= 11 is 1.68. The van der Waals surface area contributed by atoms with Crippen LogP contribution in [-0.2, 0) is 0 Å². The van der Waals surface area contributed by atoms with Crippen LogP contribution in [0, 0.1) is 0 Å². The number of anilines is 1. The fraction of sp³-hybridized carbons (Fsp3) is 0.400. The lowest BCUT2D eigenvalue weighted by Crippen LogP contribution is -2.29. The van der Waals surface area contributed by atoms with Crippen molar-refractivity contribution >= 4 is 27.4 Å². The molecule has 0 aliphatic heterocycles. The topological polar surface area (TPSA) is 55.0 Å². The second-order valence-electron chi connectivity index (χ2n) is 3.20. The highest BCUT2D eigenvalue weighted by molar-refractivity contribution is 7.17. The molecule has 0 saturated heterocycles. The second kappa shape index (κ2) is 4.55. The van der Waals surface area contributed by atoms with E-state index in [1.54, 1.807) is 17.7 Å². The van der Waals surface area contributed by atoms with Gasteiger partial charge in [0.2, 0.25) is 0 Å². The van der Waals surface area contributed by atoms with Crippen molar-refractivity contribution in [2.45, 2.75) is 6.92 Å². The highest BCUT2D eigenvalue weighted by Crippen LogP contribution is 2.27. The molecule has 2 aromatic heterocycles. The molecule has 5 heteroatoms. The van der Waals surface area contributed by atoms with Gasteiger partial charge in [-0.05, 0) is 18.4 Å². The lowest BCUT2D eigenvalue weighted by molar-refractivity contribution is 0.805. The van der Waals surface area contributed by atoms with Gasteiger partial charge in [-0.2, -0.15) is 0 Å². The second-order valence-corrected chi connectivity index (χ2v) is 4.12. The van der Waals surface area contributed by atoms with Gasteiger partial charge in [0, 0.05) is 19.6 Å². The molecule has 0 aliphatic rings. The molecule has 15 heavy (non-hydrogen) atoms. The summed E-state index contributed by atoms with van der Waals surface area (Å²) in [5.74, 6) is 1.00. The molecule has 0 aliphatic carbocycles. The normalized spacial score (nSPS) is 10.8. The molecule has 2 N–H and O–H groups in total. The summed E-state index contributed by atoms with van der Waals surface area (Å²) in [5, 5.41) is 2.04. The van der Waals surface area contributed by atoms with Gasteiger partial charge in [-0.3, -0.25) is 0 Å². The first-order chi connectivity index (χ1) is 7.36. The summed E-state index contributed by atoms with van der Waals surface area (Å²) in [6.07, 6.45) is 1.61. The molecule has 0 radical (unpaired) electrons. The van der Waals surface area contributed by atoms with Gasteiger partial charge < -0.3 is 10.6 Å². The van der Waals surface area contributed by atoms with Crippen LogP contribution < -0.4 is 10.6 Å². The van der Waals surface area contributed by atoms with Crippen LogP contribution in [0.4, 0.5) is 5.82 Å². The maximum absolute atomic E-state index is 5.58. The number of hydrogen-bond acceptors (Lipinski definition) is 5. The fourth-order valence-corrected chi connectivity index (χ4v) is 2.43. The van der Waals surface area contributed by atoms with E-state index in [-0.39, 0.29) is 0 Å². The molecule has 0 amide bonds. The average molecular weight is 222 g/mol. The zero-order chi connectivity index (χ0) is 10.7. The van der Waals surface area contributed by atoms with Crippen molar-refractivity contribution in [3.8, 4) is 0 Å². The predicted molar refractivity (Wildman–Crippen MR) is 64.4 cm³/mol. The monoisotopic (exact) mass is 222 g/mol. The van der Waals surface area contributed by atoms with Crippen LogP contribution in [0.25, 0.3) is 10.2 Å². The van der Waals surface area contributed by atoms with Crippen molar-refractivity contribution < 1.29 is 0 Å². The van der Waals surface area contributed by atoms with Crippen LogP contribution >= 0.6 is 11.3 Å². The van der Waals surface area contributed by atoms with E-state index in [0.717, 1.165) is 29.1 Å². The molecule has 0 saturated carbocycles. The number of thiophene rings is 1. The lowest BCUT2D eigenvalue weighted by atomic mass is 10.4. The molecule has 0 atom stereocenters. The quantitative estimate of drug-likeness (QED) is 0.851. The minimum Gasteiger partial charge on any atom is -0.354 e. The van der Waals surface area contributed by atoms with E-state index in [2.05, 4.69) is 21.8 Å². The van der Waals surface area contributed by atoms with Crippen molar-refractivity contribution in [1.29, 1.82) is 0 Å². The zero-order valence-corrected chi connectivity index (χ0v) is 9.50. The highest BCUT2D eigenvalue weighted by Gasteiger charge is 2.10. The summed E-state index contributed by atoms with van der Waals surface area (Å²) in [6.45, 7) is 4.50. The van der Waals surface area contributed by atoms with Crippen molar-refractivity contribution in [2.24, 2.45) is 5.73 Å². The first-order valence-electron chi connectivity index (χ1n) is 5.00. The Labute approximate surface area is 92.8 Å². The van der Waals surface area contributed by atoms with Gasteiger partial charge in [0.05, 0.1) is 10.2 Å². The van der Waals surface area contributed by atoms with Gasteiger partial charge >= 0.3 is 0 Å². The Morgan fingerprint density at radius 1 is 1.47 bits per heavy atom. The third-order valence-electron chi connectivity index (χ3n) is 2.30. The molecular weight excluding hydrogens is 208 g/mol. The molecule has 0 aromatic carbocycles. The number of fused-ring (bicyclic) bond motifs is 1. The standard InChI is InChI=1S/C10H14N4S/c1-2-14(5-4-11)10-9-8(3-6-15-9)12-7-13-10/h3,6-7H,2,4-5,11H2,1H3. The van der Waals surface area contributed by atoms with Gasteiger partial charge in [0.25, 0.3) is 0 Å². The maximum atomic E-state index is 5.58. The summed E-state index contributed by atoms with van der Waals surface area (Å²) in [7, 11) is 0. The number of nitrogens with two attached hydrogens (primary N) is 1. The molecule has 0 spiro atoms. The van der Waals surface area contributed by atoms with E-state index in [0.29, 0.717) is 6.54 Å². The van der Waals surface area contributed by atoms with E-state index >= 15 is 0 Å². The Morgan fingerprint density at radius 3 is 3.07 bits per heavy atom. The third kappa shape index (κ3) is 1.93. The summed E-state index contributed by atoms with van der Waals surface area (Å²) in [5.41, 5.74) is 6.59. The predicted octanol–water partition coefficient (Wildman–Crippen LogP) is 1.48. The zero-order valence-electron chi connectivity index (χ0n) is 8.68. The van der Waals surface area contributed by atoms with Crippen molar-refractivity contribution in [3.63, 3.8) is 0 Å². The number of likely N-dealkylation sites (N-methyl/N-ethyl adjacent to an activating group) is 1. The Balaban J connectivity index is 2.44. The van der Waals surface area contributed by atoms with Gasteiger partial charge in [-0.15, -0.1) is 11.3 Å². The van der Waals surface area contributed by atoms with Gasteiger partial charge in [0.15, 0.2) is 0 Å². The Hall–Kier alpha value is -1.20. The third-order valence-corrected chi connectivity index (χ3v) is 3.20. The van der Waals surface area contributed by atoms with Crippen LogP contribution in [0.15, 0.2) is 17.8 Å². The van der Waals surface area contributed by atoms with Crippen molar-refractivity contribution in [2.75, 3.05) is 24.5 Å². The molecule has 2 aromatic rings. The Bertz CT molecular complexity index is 440. The molecule has 2 heterocycles. The molecule has 80 valence electrons. The smallest absolute Gasteiger partial charge is 0.150 e. The number of nitrogens with zero attached hydrogens (tertiary/aromatic N) is 3. The maximum Gasteiger partial charge on any atom is 0.150 e. The highest BCUT2D eigenvalue weighted by atomic mass is 32.1. The van der Waals surface area contributed by atoms with E-state index in [1.165, 1.54) is 0 Å². The van der Waals surface area contributed by atoms with Crippen LogP contribution in [0.2, 0.25) is 0 Å². The summed E-state index contributed by atoms with van der Waals surface area (Å²) in [4.78, 5) is 10.7. The van der Waals surface area contributed by atoms with Gasteiger partial charge in [-0.1, -0.05) is 0 Å². The summed E-state index contributed by atoms with van der Waals surface area (Å²) in [6, 6.07) is 2.02. The molecule has 0 unspecified atom stereocenters. The fourth-order valence-electron chi connectivity index (χ4n) is 1.57. The largest absolute Gasteiger partial charge is 0.354 e. The van der Waals surface area contributed by atoms with Gasteiger partial charge in [-0.25, -0.2) is 9.97 Å². The minimum absolute atomic E-state index is 0.644. The first kappa shape index (κ1) is 10.3. The SMILES string of the molecule is CCN(CCN)c1ncnc2ccsc12. The van der Waals surface area contributed by atoms with E-state index in [9.17, 15) is 0 Å². The van der Waals surface area contributed by atoms with E-state index in [4.69, 9.17) is 5.73 Å². The Kier molecular flexibility index (Phi) is 3.13. The van der Waals surface area contributed by atoms with E-state index < -0.39 is 0 Å². The average Bonchev–Trinajstić information content (AvgIpc) is 2.73. The Morgan fingerprint density at radius 2 is 2.33 bits per heavy atom. The minimum atomic E-state index is 0.644. The van der Waals surface area contributed by atoms with Crippen LogP contribution in [0.1, 0.15) is 6.92 Å². The molecule has 4 nitrogen and oxygen atoms in total. The molecular formula is C10H14N4S. The lowest BCUT2D eigenvalue weighted by Gasteiger charge is -2.21. The number of rotatable bonds is 4. The molecule has 0 bridgehead atoms. The molecule has 2 rings (SSSR count).